The molecule has 0 radical (unpaired) electrons. The van der Waals surface area contributed by atoms with E-state index in [2.05, 4.69) is 141 Å². The first-order valence-electron chi connectivity index (χ1n) is 19.1. The average Bonchev–Trinajstić information content (AvgIpc) is 3.11. The summed E-state index contributed by atoms with van der Waals surface area (Å²) < 4.78 is 9.76. The minimum absolute atomic E-state index is 0.0927. The van der Waals surface area contributed by atoms with Gasteiger partial charge in [0.25, 0.3) is 0 Å². The predicted octanol–water partition coefficient (Wildman–Crippen LogP) is 13.5. The first-order valence-corrected chi connectivity index (χ1v) is 19.1. The Kier molecular flexibility index (Phi) is 43.5. The number of ether oxygens (including phenoxy) is 2. The van der Waals surface area contributed by atoms with Crippen LogP contribution in [0.5, 0.6) is 0 Å². The zero-order chi connectivity index (χ0) is 36.9. The van der Waals surface area contributed by atoms with Gasteiger partial charge >= 0.3 is 11.9 Å². The van der Waals surface area contributed by atoms with Crippen LogP contribution in [0.4, 0.5) is 0 Å². The zero-order valence-electron chi connectivity index (χ0n) is 32.1. The van der Waals surface area contributed by atoms with Crippen LogP contribution in [0.3, 0.4) is 0 Å². The van der Waals surface area contributed by atoms with Crippen molar-refractivity contribution < 1.29 is 19.1 Å². The first-order chi connectivity index (χ1) is 24.6. The number of carbonyl (C=O) groups is 2. The Hall–Kier alpha value is -3.92. The van der Waals surface area contributed by atoms with Crippen LogP contribution >= 0.6 is 0 Å². The molecule has 0 fully saturated rings. The summed E-state index contributed by atoms with van der Waals surface area (Å²) in [6.07, 6.45) is 62.6. The van der Waals surface area contributed by atoms with Crippen LogP contribution in [0.15, 0.2) is 134 Å². The summed E-state index contributed by atoms with van der Waals surface area (Å²) >= 11 is 0. The highest BCUT2D eigenvalue weighted by molar-refractivity contribution is 5.69. The summed E-state index contributed by atoms with van der Waals surface area (Å²) in [4.78, 5) is 22.3. The molecule has 0 spiro atoms. The fourth-order valence-corrected chi connectivity index (χ4v) is 4.04. The molecule has 0 aromatic carbocycles. The molecular weight excluding hydrogens is 617 g/mol. The lowest BCUT2D eigenvalue weighted by Gasteiger charge is -1.98. The Labute approximate surface area is 307 Å². The van der Waals surface area contributed by atoms with Gasteiger partial charge in [0, 0.05) is 12.8 Å². The van der Waals surface area contributed by atoms with Gasteiger partial charge in [0.05, 0.1) is 13.2 Å². The Morgan fingerprint density at radius 3 is 0.900 bits per heavy atom. The largest absolute Gasteiger partial charge is 0.466 e. The molecule has 0 amide bonds. The molecule has 0 atom stereocenters. The van der Waals surface area contributed by atoms with E-state index in [1.54, 1.807) is 0 Å². The summed E-state index contributed by atoms with van der Waals surface area (Å²) in [6, 6.07) is 0. The van der Waals surface area contributed by atoms with Crippen LogP contribution < -0.4 is 0 Å². The molecule has 50 heavy (non-hydrogen) atoms. The molecule has 0 unspecified atom stereocenters. The van der Waals surface area contributed by atoms with Gasteiger partial charge in [0.15, 0.2) is 0 Å². The molecule has 0 saturated carbocycles. The Morgan fingerprint density at radius 1 is 0.340 bits per heavy atom. The van der Waals surface area contributed by atoms with Gasteiger partial charge in [-0.05, 0) is 104 Å². The highest BCUT2D eigenvalue weighted by Gasteiger charge is 1.98. The number of hydrogen-bond acceptors (Lipinski definition) is 4. The minimum Gasteiger partial charge on any atom is -0.466 e. The van der Waals surface area contributed by atoms with E-state index in [1.807, 2.05) is 19.9 Å². The maximum Gasteiger partial charge on any atom is 0.306 e. The quantitative estimate of drug-likeness (QED) is 0.0446. The number of allylic oxidation sites excluding steroid dienone is 22. The molecule has 0 bridgehead atoms. The van der Waals surface area contributed by atoms with Gasteiger partial charge in [-0.15, -0.1) is 0 Å². The lowest BCUT2D eigenvalue weighted by molar-refractivity contribution is -0.144. The Morgan fingerprint density at radius 2 is 0.600 bits per heavy atom. The molecule has 0 aliphatic rings. The van der Waals surface area contributed by atoms with Crippen LogP contribution in [0, 0.1) is 0 Å². The first kappa shape index (κ1) is 48.2. The molecule has 0 aromatic heterocycles. The van der Waals surface area contributed by atoms with Crippen molar-refractivity contribution in [1.29, 1.82) is 0 Å². The Bertz CT molecular complexity index is 1090. The van der Waals surface area contributed by atoms with E-state index >= 15 is 0 Å². The van der Waals surface area contributed by atoms with Gasteiger partial charge in [-0.3, -0.25) is 9.59 Å². The highest BCUT2D eigenvalue weighted by atomic mass is 16.5. The topological polar surface area (TPSA) is 52.6 Å². The van der Waals surface area contributed by atoms with Gasteiger partial charge < -0.3 is 9.47 Å². The second-order valence-corrected chi connectivity index (χ2v) is 11.2. The molecule has 0 aromatic rings. The van der Waals surface area contributed by atoms with Crippen molar-refractivity contribution in [2.75, 3.05) is 13.2 Å². The van der Waals surface area contributed by atoms with Crippen molar-refractivity contribution in [2.45, 2.75) is 130 Å². The van der Waals surface area contributed by atoms with E-state index in [1.165, 1.54) is 0 Å². The molecule has 0 N–H and O–H groups in total. The minimum atomic E-state index is -0.118. The standard InChI is InChI=1S/C24H36O2.C22H34O2/c1-3-5-6-7-8-9-10-11-12-13-14-15-16-17-18-19-20-21-22-23-24(25)26-4-2;1-3-5-6-7-8-9-10-11-12-13-14-15-16-17-18-19-20-21-22(23)24-4-2/h5-6,8-9,11-12,14-15,17-18,20-21H,3-4,7,10,13,16,19,22-23H2,1-2H3;5-6,8-9,11-12,14-15,17-18H,3-4,7,10,13,16,19-21H2,1-2H3/b6-5+,9-8+,12-11+,15-14+,18-17+,21-20+;6-5+,9-8+,12-11+,15-14+,18-17+. The van der Waals surface area contributed by atoms with E-state index in [9.17, 15) is 9.59 Å². The monoisotopic (exact) mass is 687 g/mol. The number of unbranched alkanes of at least 4 members (excludes halogenated alkanes) is 1. The molecule has 0 heterocycles. The third-order valence-electron chi connectivity index (χ3n) is 6.63. The lowest BCUT2D eigenvalue weighted by Crippen LogP contribution is -2.02. The van der Waals surface area contributed by atoms with E-state index in [0.717, 1.165) is 89.9 Å². The fraction of sp³-hybridized carbons (Fsp3) is 0.478. The maximum atomic E-state index is 11.1. The van der Waals surface area contributed by atoms with E-state index < -0.39 is 0 Å². The molecular formula is C46H70O4. The van der Waals surface area contributed by atoms with Crippen LogP contribution in [0.25, 0.3) is 0 Å². The molecule has 0 saturated heterocycles. The van der Waals surface area contributed by atoms with Gasteiger partial charge in [-0.1, -0.05) is 148 Å². The zero-order valence-corrected chi connectivity index (χ0v) is 32.1. The van der Waals surface area contributed by atoms with Crippen molar-refractivity contribution >= 4 is 11.9 Å². The number of esters is 2. The SMILES string of the molecule is CC/C=C/C/C=C/C/C=C/C/C=C/C/C=C/C/C=C/CCC(=O)OCC.CC/C=C/C/C=C/C/C=C/C/C=C/C/C=C/CCCC(=O)OCC. The van der Waals surface area contributed by atoms with E-state index in [4.69, 9.17) is 9.47 Å². The van der Waals surface area contributed by atoms with Crippen molar-refractivity contribution in [3.8, 4) is 0 Å². The third kappa shape index (κ3) is 46.2. The molecule has 278 valence electrons. The van der Waals surface area contributed by atoms with Crippen LogP contribution in [0.1, 0.15) is 130 Å². The molecule has 0 aliphatic heterocycles. The van der Waals surface area contributed by atoms with Crippen molar-refractivity contribution in [2.24, 2.45) is 0 Å². The van der Waals surface area contributed by atoms with Crippen LogP contribution in [-0.4, -0.2) is 25.2 Å². The smallest absolute Gasteiger partial charge is 0.306 e. The number of rotatable bonds is 29. The van der Waals surface area contributed by atoms with Gasteiger partial charge in [-0.25, -0.2) is 0 Å². The number of hydrogen-bond donors (Lipinski definition) is 0. The molecule has 0 aliphatic carbocycles. The van der Waals surface area contributed by atoms with Crippen molar-refractivity contribution in [3.05, 3.63) is 134 Å². The molecule has 0 rings (SSSR count). The van der Waals surface area contributed by atoms with Crippen molar-refractivity contribution in [3.63, 3.8) is 0 Å². The third-order valence-corrected chi connectivity index (χ3v) is 6.63. The van der Waals surface area contributed by atoms with E-state index in [-0.39, 0.29) is 11.9 Å². The summed E-state index contributed by atoms with van der Waals surface area (Å²) in [5.41, 5.74) is 0. The summed E-state index contributed by atoms with van der Waals surface area (Å²) in [7, 11) is 0. The second kappa shape index (κ2) is 45.1. The van der Waals surface area contributed by atoms with Gasteiger partial charge in [-0.2, -0.15) is 0 Å². The summed E-state index contributed by atoms with van der Waals surface area (Å²) in [5, 5.41) is 0. The highest BCUT2D eigenvalue weighted by Crippen LogP contribution is 2.01. The van der Waals surface area contributed by atoms with Crippen molar-refractivity contribution in [1.82, 2.24) is 0 Å². The second-order valence-electron chi connectivity index (χ2n) is 11.2. The lowest BCUT2D eigenvalue weighted by atomic mass is 10.2. The maximum absolute atomic E-state index is 11.1. The normalized spacial score (nSPS) is 12.7. The Balaban J connectivity index is 0. The predicted molar refractivity (Wildman–Crippen MR) is 219 cm³/mol. The van der Waals surface area contributed by atoms with Crippen LogP contribution in [-0.2, 0) is 19.1 Å². The number of carbonyl (C=O) groups excluding carboxylic acids is 2. The average molecular weight is 687 g/mol. The fourth-order valence-electron chi connectivity index (χ4n) is 4.04. The summed E-state index contributed by atoms with van der Waals surface area (Å²) in [6.45, 7) is 8.90. The van der Waals surface area contributed by atoms with E-state index in [0.29, 0.717) is 26.1 Å². The van der Waals surface area contributed by atoms with Gasteiger partial charge in [0.2, 0.25) is 0 Å². The summed E-state index contributed by atoms with van der Waals surface area (Å²) in [5.74, 6) is -0.211. The van der Waals surface area contributed by atoms with Gasteiger partial charge in [0.1, 0.15) is 0 Å². The molecule has 4 nitrogen and oxygen atoms in total. The molecule has 4 heteroatoms. The van der Waals surface area contributed by atoms with Crippen LogP contribution in [0.2, 0.25) is 0 Å².